The van der Waals surface area contributed by atoms with Crippen LogP contribution in [-0.4, -0.2) is 18.8 Å². The molecule has 0 amide bonds. The Morgan fingerprint density at radius 2 is 1.85 bits per heavy atom. The molecule has 0 fully saturated rings. The minimum Gasteiger partial charge on any atom is -0.496 e. The second kappa shape index (κ2) is 7.29. The molecule has 2 rings (SSSR count). The second-order valence-electron chi connectivity index (χ2n) is 4.48. The number of hydrogen-bond donors (Lipinski definition) is 2. The summed E-state index contributed by atoms with van der Waals surface area (Å²) in [5, 5.41) is 13.9. The van der Waals surface area contributed by atoms with Crippen molar-refractivity contribution in [2.24, 2.45) is 0 Å². The largest absolute Gasteiger partial charge is 0.496 e. The van der Waals surface area contributed by atoms with Gasteiger partial charge in [0.15, 0.2) is 0 Å². The van der Waals surface area contributed by atoms with Crippen LogP contribution in [0, 0.1) is 0 Å². The van der Waals surface area contributed by atoms with E-state index in [9.17, 15) is 5.11 Å². The average molecular weight is 292 g/mol. The molecule has 0 radical (unpaired) electrons. The molecule has 106 valence electrons. The Hall–Kier alpha value is -1.55. The predicted octanol–water partition coefficient (Wildman–Crippen LogP) is 3.17. The SMILES string of the molecule is COc1ccccc1CNCC(O)c1ccccc1Cl. The van der Waals surface area contributed by atoms with Gasteiger partial charge in [0.25, 0.3) is 0 Å². The number of halogens is 1. The predicted molar refractivity (Wildman–Crippen MR) is 81.1 cm³/mol. The second-order valence-corrected chi connectivity index (χ2v) is 4.89. The van der Waals surface area contributed by atoms with Crippen LogP contribution < -0.4 is 10.1 Å². The summed E-state index contributed by atoms with van der Waals surface area (Å²) in [6.45, 7) is 1.06. The lowest BCUT2D eigenvalue weighted by Gasteiger charge is -2.14. The van der Waals surface area contributed by atoms with E-state index in [-0.39, 0.29) is 0 Å². The lowest BCUT2D eigenvalue weighted by molar-refractivity contribution is 0.174. The topological polar surface area (TPSA) is 41.5 Å². The maximum Gasteiger partial charge on any atom is 0.123 e. The van der Waals surface area contributed by atoms with Gasteiger partial charge in [-0.1, -0.05) is 48.0 Å². The summed E-state index contributed by atoms with van der Waals surface area (Å²) in [7, 11) is 1.65. The first-order valence-corrected chi connectivity index (χ1v) is 6.85. The number of aliphatic hydroxyl groups excluding tert-OH is 1. The zero-order valence-electron chi connectivity index (χ0n) is 11.3. The molecule has 0 aromatic heterocycles. The molecule has 0 aliphatic carbocycles. The summed E-state index contributed by atoms with van der Waals surface area (Å²) in [4.78, 5) is 0. The van der Waals surface area contributed by atoms with Crippen LogP contribution in [0.4, 0.5) is 0 Å². The molecule has 2 N–H and O–H groups in total. The van der Waals surface area contributed by atoms with Crippen LogP contribution in [0.1, 0.15) is 17.2 Å². The fourth-order valence-corrected chi connectivity index (χ4v) is 2.31. The molecule has 1 atom stereocenters. The van der Waals surface area contributed by atoms with Crippen molar-refractivity contribution in [3.8, 4) is 5.75 Å². The van der Waals surface area contributed by atoms with Crippen molar-refractivity contribution < 1.29 is 9.84 Å². The quantitative estimate of drug-likeness (QED) is 0.859. The summed E-state index contributed by atoms with van der Waals surface area (Å²) < 4.78 is 5.28. The summed E-state index contributed by atoms with van der Waals surface area (Å²) in [6, 6.07) is 15.1. The molecular formula is C16H18ClNO2. The van der Waals surface area contributed by atoms with Crippen LogP contribution >= 0.6 is 11.6 Å². The Bertz CT molecular complexity index is 560. The molecule has 1 unspecified atom stereocenters. The van der Waals surface area contributed by atoms with Crippen LogP contribution in [0.2, 0.25) is 5.02 Å². The smallest absolute Gasteiger partial charge is 0.123 e. The van der Waals surface area contributed by atoms with Gasteiger partial charge in [0, 0.05) is 29.2 Å². The molecule has 0 heterocycles. The number of rotatable bonds is 6. The number of para-hydroxylation sites is 1. The van der Waals surface area contributed by atoms with E-state index in [4.69, 9.17) is 16.3 Å². The molecule has 0 bridgehead atoms. The molecule has 20 heavy (non-hydrogen) atoms. The molecule has 0 saturated heterocycles. The van der Waals surface area contributed by atoms with Crippen LogP contribution in [0.3, 0.4) is 0 Å². The summed E-state index contributed by atoms with van der Waals surface area (Å²) in [5.74, 6) is 0.840. The molecule has 4 heteroatoms. The molecular weight excluding hydrogens is 274 g/mol. The number of methoxy groups -OCH3 is 1. The highest BCUT2D eigenvalue weighted by molar-refractivity contribution is 6.31. The van der Waals surface area contributed by atoms with E-state index in [1.54, 1.807) is 13.2 Å². The molecule has 0 saturated carbocycles. The van der Waals surface area contributed by atoms with Gasteiger partial charge in [-0.25, -0.2) is 0 Å². The van der Waals surface area contributed by atoms with Gasteiger partial charge in [-0.05, 0) is 12.1 Å². The fourth-order valence-electron chi connectivity index (χ4n) is 2.05. The third kappa shape index (κ3) is 3.73. The monoisotopic (exact) mass is 291 g/mol. The molecule has 2 aromatic rings. The minimum absolute atomic E-state index is 0.432. The van der Waals surface area contributed by atoms with Crippen LogP contribution in [-0.2, 0) is 6.54 Å². The lowest BCUT2D eigenvalue weighted by atomic mass is 10.1. The fraction of sp³-hybridized carbons (Fsp3) is 0.250. The van der Waals surface area contributed by atoms with Crippen molar-refractivity contribution in [3.63, 3.8) is 0 Å². The molecule has 0 aliphatic rings. The lowest BCUT2D eigenvalue weighted by Crippen LogP contribution is -2.21. The normalized spacial score (nSPS) is 12.2. The average Bonchev–Trinajstić information content (AvgIpc) is 2.48. The number of ether oxygens (including phenoxy) is 1. The molecule has 3 nitrogen and oxygen atoms in total. The van der Waals surface area contributed by atoms with Crippen molar-refractivity contribution in [1.29, 1.82) is 0 Å². The van der Waals surface area contributed by atoms with Gasteiger partial charge < -0.3 is 15.2 Å². The van der Waals surface area contributed by atoms with Gasteiger partial charge in [0.05, 0.1) is 13.2 Å². The van der Waals surface area contributed by atoms with Gasteiger partial charge in [-0.2, -0.15) is 0 Å². The van der Waals surface area contributed by atoms with E-state index in [1.807, 2.05) is 42.5 Å². The van der Waals surface area contributed by atoms with Crippen molar-refractivity contribution in [3.05, 3.63) is 64.7 Å². The third-order valence-electron chi connectivity index (χ3n) is 3.11. The number of aliphatic hydroxyl groups is 1. The third-order valence-corrected chi connectivity index (χ3v) is 3.45. The standard InChI is InChI=1S/C16H18ClNO2/c1-20-16-9-5-2-6-12(16)10-18-11-15(19)13-7-3-4-8-14(13)17/h2-9,15,18-19H,10-11H2,1H3. The minimum atomic E-state index is -0.626. The summed E-state index contributed by atoms with van der Waals surface area (Å²) in [5.41, 5.74) is 1.79. The van der Waals surface area contributed by atoms with E-state index < -0.39 is 6.10 Å². The maximum absolute atomic E-state index is 10.1. The first kappa shape index (κ1) is 14.9. The molecule has 0 spiro atoms. The van der Waals surface area contributed by atoms with Crippen molar-refractivity contribution in [2.75, 3.05) is 13.7 Å². The van der Waals surface area contributed by atoms with Gasteiger partial charge in [-0.3, -0.25) is 0 Å². The Labute approximate surface area is 124 Å². The van der Waals surface area contributed by atoms with E-state index in [1.165, 1.54) is 0 Å². The highest BCUT2D eigenvalue weighted by Crippen LogP contribution is 2.22. The Kier molecular flexibility index (Phi) is 5.41. The molecule has 0 aliphatic heterocycles. The summed E-state index contributed by atoms with van der Waals surface area (Å²) in [6.07, 6.45) is -0.626. The summed E-state index contributed by atoms with van der Waals surface area (Å²) >= 11 is 6.05. The van der Waals surface area contributed by atoms with Crippen LogP contribution in [0.15, 0.2) is 48.5 Å². The van der Waals surface area contributed by atoms with E-state index in [2.05, 4.69) is 5.32 Å². The maximum atomic E-state index is 10.1. The van der Waals surface area contributed by atoms with Gasteiger partial charge in [-0.15, -0.1) is 0 Å². The Balaban J connectivity index is 1.91. The van der Waals surface area contributed by atoms with Crippen LogP contribution in [0.5, 0.6) is 5.75 Å². The highest BCUT2D eigenvalue weighted by Gasteiger charge is 2.10. The van der Waals surface area contributed by atoms with Crippen molar-refractivity contribution in [1.82, 2.24) is 5.32 Å². The molecule has 2 aromatic carbocycles. The zero-order chi connectivity index (χ0) is 14.4. The zero-order valence-corrected chi connectivity index (χ0v) is 12.1. The Morgan fingerprint density at radius 3 is 2.60 bits per heavy atom. The number of nitrogens with one attached hydrogen (secondary N) is 1. The van der Waals surface area contributed by atoms with Gasteiger partial charge in [0.2, 0.25) is 0 Å². The highest BCUT2D eigenvalue weighted by atomic mass is 35.5. The van der Waals surface area contributed by atoms with Gasteiger partial charge in [0.1, 0.15) is 5.75 Å². The van der Waals surface area contributed by atoms with Gasteiger partial charge >= 0.3 is 0 Å². The van der Waals surface area contributed by atoms with E-state index in [0.29, 0.717) is 18.1 Å². The van der Waals surface area contributed by atoms with Crippen molar-refractivity contribution >= 4 is 11.6 Å². The Morgan fingerprint density at radius 1 is 1.15 bits per heavy atom. The number of hydrogen-bond acceptors (Lipinski definition) is 3. The first-order chi connectivity index (χ1) is 9.72. The van der Waals surface area contributed by atoms with E-state index >= 15 is 0 Å². The first-order valence-electron chi connectivity index (χ1n) is 6.47. The van der Waals surface area contributed by atoms with E-state index in [0.717, 1.165) is 16.9 Å². The van der Waals surface area contributed by atoms with Crippen LogP contribution in [0.25, 0.3) is 0 Å². The number of benzene rings is 2. The van der Waals surface area contributed by atoms with Crippen molar-refractivity contribution in [2.45, 2.75) is 12.6 Å².